The summed E-state index contributed by atoms with van der Waals surface area (Å²) in [5, 5.41) is 0. The van der Waals surface area contributed by atoms with Crippen molar-refractivity contribution in [2.24, 2.45) is 0 Å². The summed E-state index contributed by atoms with van der Waals surface area (Å²) >= 11 is 0. The molecule has 9 heteroatoms. The molecule has 0 aromatic rings. The summed E-state index contributed by atoms with van der Waals surface area (Å²) in [4.78, 5) is 0. The molecule has 11 heavy (non-hydrogen) atoms. The summed E-state index contributed by atoms with van der Waals surface area (Å²) < 4.78 is 53.3. The molecule has 0 spiro atoms. The van der Waals surface area contributed by atoms with Crippen molar-refractivity contribution in [3.8, 4) is 0 Å². The molecule has 0 bridgehead atoms. The Hall–Kier alpha value is 1.46. The molecule has 0 saturated carbocycles. The Morgan fingerprint density at radius 2 is 1.18 bits per heavy atom. The molecule has 63 valence electrons. The van der Waals surface area contributed by atoms with E-state index in [0.717, 1.165) is 0 Å². The first kappa shape index (κ1) is 15.0. The van der Waals surface area contributed by atoms with Gasteiger partial charge in [0, 0.05) is 0 Å². The molecule has 0 aliphatic rings. The zero-order valence-electron chi connectivity index (χ0n) is 4.63. The van der Waals surface area contributed by atoms with E-state index in [4.69, 9.17) is 9.11 Å². The average molecular weight is 229 g/mol. The van der Waals surface area contributed by atoms with Crippen LogP contribution in [0.25, 0.3) is 0 Å². The van der Waals surface area contributed by atoms with Crippen LogP contribution in [-0.2, 0) is 20.2 Å². The van der Waals surface area contributed by atoms with Gasteiger partial charge in [0.1, 0.15) is 0 Å². The molecule has 0 aromatic heterocycles. The van der Waals surface area contributed by atoms with E-state index in [1.807, 2.05) is 0 Å². The van der Waals surface area contributed by atoms with Crippen LogP contribution in [0, 0.1) is 6.92 Å². The van der Waals surface area contributed by atoms with Crippen molar-refractivity contribution in [1.29, 1.82) is 0 Å². The maximum atomic E-state index is 9.93. The topological polar surface area (TPSA) is 109 Å². The van der Waals surface area contributed by atoms with Crippen LogP contribution in [0.4, 0.5) is 0 Å². The van der Waals surface area contributed by atoms with Crippen molar-refractivity contribution in [3.63, 3.8) is 0 Å². The molecule has 0 unspecified atom stereocenters. The third-order valence-corrected chi connectivity index (χ3v) is 3.45. The van der Waals surface area contributed by atoms with E-state index in [1.54, 1.807) is 0 Å². The van der Waals surface area contributed by atoms with E-state index in [0.29, 0.717) is 0 Å². The van der Waals surface area contributed by atoms with Gasteiger partial charge in [-0.05, 0) is 6.92 Å². The Morgan fingerprint density at radius 1 is 1.00 bits per heavy atom. The molecule has 0 rings (SSSR count). The Labute approximate surface area is 107 Å². The van der Waals surface area contributed by atoms with Gasteiger partial charge in [-0.3, -0.25) is 9.11 Å². The Bertz CT molecular complexity index is 267. The predicted molar refractivity (Wildman–Crippen MR) is 39.4 cm³/mol. The molecule has 0 amide bonds. The van der Waals surface area contributed by atoms with E-state index in [2.05, 4.69) is 6.92 Å². The van der Waals surface area contributed by atoms with Crippen LogP contribution < -0.4 is 0 Å². The maximum absolute atomic E-state index is 9.93. The van der Waals surface area contributed by atoms with E-state index < -0.39 is 24.8 Å². The Kier molecular flexibility index (Phi) is 6.29. The normalized spacial score (nSPS) is 12.7. The summed E-state index contributed by atoms with van der Waals surface area (Å²) in [6.07, 6.45) is 0. The first-order valence-corrected chi connectivity index (χ1v) is 4.92. The van der Waals surface area contributed by atoms with Crippen molar-refractivity contribution >= 4 is 71.6 Å². The van der Waals surface area contributed by atoms with Gasteiger partial charge in [-0.1, -0.05) is 0 Å². The zero-order valence-corrected chi connectivity index (χ0v) is 6.26. The first-order valence-electron chi connectivity index (χ1n) is 1.91. The van der Waals surface area contributed by atoms with Crippen LogP contribution in [0.15, 0.2) is 0 Å². The molecule has 1 radical (unpaired) electrons. The van der Waals surface area contributed by atoms with Gasteiger partial charge >= 0.3 is 51.4 Å². The summed E-state index contributed by atoms with van der Waals surface area (Å²) in [7, 11) is -9.62. The van der Waals surface area contributed by atoms with Crippen LogP contribution in [-0.4, -0.2) is 81.9 Å². The average Bonchev–Trinajstić information content (AvgIpc) is 1.59. The number of hydrogen-bond donors (Lipinski definition) is 2. The van der Waals surface area contributed by atoms with Gasteiger partial charge in [-0.25, -0.2) is 0 Å². The van der Waals surface area contributed by atoms with Gasteiger partial charge < -0.3 is 0 Å². The monoisotopic (exact) mass is 229 g/mol. The van der Waals surface area contributed by atoms with Crippen molar-refractivity contribution in [1.82, 2.24) is 0 Å². The Balaban J connectivity index is 0. The molecule has 0 aliphatic carbocycles. The van der Waals surface area contributed by atoms with Crippen LogP contribution in [0.5, 0.6) is 0 Å². The second kappa shape index (κ2) is 4.63. The van der Waals surface area contributed by atoms with E-state index in [1.165, 1.54) is 0 Å². The minimum atomic E-state index is -4.81. The fourth-order valence-corrected chi connectivity index (χ4v) is 1.38. The van der Waals surface area contributed by atoms with Gasteiger partial charge in [-0.2, -0.15) is 16.8 Å². The minimum absolute atomic E-state index is 0. The van der Waals surface area contributed by atoms with Crippen molar-refractivity contribution in [3.05, 3.63) is 6.92 Å². The molecule has 0 fully saturated rings. The molecule has 2 N–H and O–H groups in total. The number of rotatable bonds is 2. The molecule has 6 nitrogen and oxygen atoms in total. The van der Waals surface area contributed by atoms with Crippen LogP contribution >= 0.6 is 0 Å². The Morgan fingerprint density at radius 3 is 1.18 bits per heavy atom. The molecule has 0 heterocycles. The summed E-state index contributed by atoms with van der Waals surface area (Å²) in [5.74, 6) is 0. The third-order valence-electron chi connectivity index (χ3n) is 0.664. The summed E-state index contributed by atoms with van der Waals surface area (Å²) in [6.45, 7) is 2.50. The first-order chi connectivity index (χ1) is 4.15. The molecular formula is C2H6KO6S2. The van der Waals surface area contributed by atoms with Gasteiger partial charge in [-0.15, -0.1) is 0 Å². The van der Waals surface area contributed by atoms with E-state index >= 15 is 0 Å². The fourth-order valence-electron chi connectivity index (χ4n) is 0.154. The summed E-state index contributed by atoms with van der Waals surface area (Å²) in [6, 6.07) is 0. The van der Waals surface area contributed by atoms with Gasteiger partial charge in [0.25, 0.3) is 20.2 Å². The van der Waals surface area contributed by atoms with Gasteiger partial charge in [0.15, 0.2) is 0 Å². The predicted octanol–water partition coefficient (Wildman–Crippen LogP) is -1.73. The molecule has 0 aliphatic heterocycles. The summed E-state index contributed by atoms with van der Waals surface area (Å²) in [5.41, 5.74) is 0. The van der Waals surface area contributed by atoms with Crippen molar-refractivity contribution < 1.29 is 25.9 Å². The van der Waals surface area contributed by atoms with Crippen LogP contribution in [0.3, 0.4) is 0 Å². The van der Waals surface area contributed by atoms with Crippen LogP contribution in [0.2, 0.25) is 0 Å². The quantitative estimate of drug-likeness (QED) is 0.430. The second-order valence-electron chi connectivity index (χ2n) is 1.46. The van der Waals surface area contributed by atoms with Gasteiger partial charge in [0.2, 0.25) is 4.58 Å². The molecule has 0 saturated heterocycles. The van der Waals surface area contributed by atoms with Gasteiger partial charge in [0.05, 0.1) is 0 Å². The SMILES string of the molecule is [CH2]C(S(=O)(=O)O)S(=O)(=O)O.[KH]. The standard InChI is InChI=1S/C2H5O6S2.K.H/c1-2(9(3,4)5)10(6,7)8;;/h2H,1H2,(H,3,4,5)(H,6,7,8);;. The zero-order chi connectivity index (χ0) is 8.58. The van der Waals surface area contributed by atoms with E-state index in [-0.39, 0.29) is 51.4 Å². The van der Waals surface area contributed by atoms with Crippen molar-refractivity contribution in [2.75, 3.05) is 0 Å². The number of hydrogen-bond acceptors (Lipinski definition) is 4. The molecule has 0 atom stereocenters. The van der Waals surface area contributed by atoms with E-state index in [9.17, 15) is 16.8 Å². The second-order valence-corrected chi connectivity index (χ2v) is 4.96. The van der Waals surface area contributed by atoms with Crippen molar-refractivity contribution in [2.45, 2.75) is 4.58 Å². The molecular weight excluding hydrogens is 223 g/mol. The molecule has 0 aromatic carbocycles. The van der Waals surface area contributed by atoms with Crippen LogP contribution in [0.1, 0.15) is 0 Å². The fraction of sp³-hybridized carbons (Fsp3) is 0.500. The third kappa shape index (κ3) is 5.66.